The Morgan fingerprint density at radius 2 is 1.10 bits per heavy atom. The molecule has 0 aromatic heterocycles. The summed E-state index contributed by atoms with van der Waals surface area (Å²) in [6, 6.07) is 6.02. The summed E-state index contributed by atoms with van der Waals surface area (Å²) < 4.78 is 10.1. The van der Waals surface area contributed by atoms with Crippen molar-refractivity contribution >= 4 is 23.1 Å². The number of ketones is 4. The van der Waals surface area contributed by atoms with Crippen LogP contribution in [0.3, 0.4) is 0 Å². The third-order valence-electron chi connectivity index (χ3n) is 4.26. The van der Waals surface area contributed by atoms with Gasteiger partial charge in [-0.3, -0.25) is 19.2 Å². The van der Waals surface area contributed by atoms with Crippen molar-refractivity contribution in [2.45, 2.75) is 19.3 Å². The Morgan fingerprint density at radius 1 is 0.700 bits per heavy atom. The summed E-state index contributed by atoms with van der Waals surface area (Å²) in [4.78, 5) is 48.6. The lowest BCUT2D eigenvalue weighted by molar-refractivity contribution is -0.116. The van der Waals surface area contributed by atoms with Gasteiger partial charge in [-0.15, -0.1) is 0 Å². The van der Waals surface area contributed by atoms with Crippen LogP contribution in [0.25, 0.3) is 0 Å². The Labute approximate surface area is 171 Å². The minimum absolute atomic E-state index is 0.0493. The minimum atomic E-state index is -1.00. The molecular weight excluding hydrogens is 396 g/mol. The molecule has 0 unspecified atom stereocenters. The molecule has 9 nitrogen and oxygen atoms in total. The molecule has 3 N–H and O–H groups in total. The molecule has 0 heterocycles. The van der Waals surface area contributed by atoms with Crippen LogP contribution < -0.4 is 9.47 Å². The summed E-state index contributed by atoms with van der Waals surface area (Å²) >= 11 is 0. The molecule has 2 rings (SSSR count). The molecular formula is C21H20O9. The highest BCUT2D eigenvalue weighted by atomic mass is 16.5. The monoisotopic (exact) mass is 416 g/mol. The standard InChI is InChI=1S/C21H20O9/c1-29-13-6-11(7-14(10-13)30-2)19(26)15(22)4-3-5-16(23)20(27)12-8-17(24)21(28)18(25)9-12/h6-10,24-25,28H,3-5H2,1-2H3. The molecule has 0 aliphatic carbocycles. The van der Waals surface area contributed by atoms with Crippen LogP contribution in [0.2, 0.25) is 0 Å². The quantitative estimate of drug-likeness (QED) is 0.301. The van der Waals surface area contributed by atoms with Crippen molar-refractivity contribution in [1.82, 2.24) is 0 Å². The summed E-state index contributed by atoms with van der Waals surface area (Å²) in [5.74, 6) is -5.03. The Balaban J connectivity index is 1.97. The zero-order chi connectivity index (χ0) is 22.4. The van der Waals surface area contributed by atoms with Crippen LogP contribution >= 0.6 is 0 Å². The fourth-order valence-corrected chi connectivity index (χ4v) is 2.63. The first-order valence-corrected chi connectivity index (χ1v) is 8.81. The minimum Gasteiger partial charge on any atom is -0.504 e. The molecule has 0 saturated carbocycles. The average Bonchev–Trinajstić information content (AvgIpc) is 2.75. The number of rotatable bonds is 10. The van der Waals surface area contributed by atoms with Crippen LogP contribution in [0.4, 0.5) is 0 Å². The summed E-state index contributed by atoms with van der Waals surface area (Å²) in [6.07, 6.45) is -0.628. The van der Waals surface area contributed by atoms with Crippen molar-refractivity contribution in [3.8, 4) is 28.7 Å². The van der Waals surface area contributed by atoms with E-state index < -0.39 is 40.4 Å². The number of phenolic OH excluding ortho intramolecular Hbond substituents is 3. The number of hydrogen-bond donors (Lipinski definition) is 3. The van der Waals surface area contributed by atoms with Gasteiger partial charge < -0.3 is 24.8 Å². The average molecular weight is 416 g/mol. The number of benzene rings is 2. The smallest absolute Gasteiger partial charge is 0.228 e. The van der Waals surface area contributed by atoms with Gasteiger partial charge in [0.15, 0.2) is 17.2 Å². The molecule has 9 heteroatoms. The van der Waals surface area contributed by atoms with Gasteiger partial charge in [0, 0.05) is 30.0 Å². The van der Waals surface area contributed by atoms with Crippen molar-refractivity contribution < 1.29 is 44.0 Å². The number of Topliss-reactive ketones (excluding diaryl/α,β-unsaturated/α-hetero) is 4. The van der Waals surface area contributed by atoms with Crippen LogP contribution in [0.15, 0.2) is 30.3 Å². The molecule has 0 spiro atoms. The molecule has 158 valence electrons. The molecule has 0 saturated heterocycles. The predicted molar refractivity (Wildman–Crippen MR) is 104 cm³/mol. The van der Waals surface area contributed by atoms with Gasteiger partial charge in [0.2, 0.25) is 23.1 Å². The number of hydrogen-bond acceptors (Lipinski definition) is 9. The molecule has 2 aromatic carbocycles. The number of ether oxygens (including phenoxy) is 2. The van der Waals surface area contributed by atoms with Gasteiger partial charge >= 0.3 is 0 Å². The summed E-state index contributed by atoms with van der Waals surface area (Å²) in [7, 11) is 2.81. The van der Waals surface area contributed by atoms with E-state index in [1.54, 1.807) is 6.07 Å². The fraction of sp³-hybridized carbons (Fsp3) is 0.238. The highest BCUT2D eigenvalue weighted by Crippen LogP contribution is 2.35. The lowest BCUT2D eigenvalue weighted by Crippen LogP contribution is -2.17. The number of carbonyl (C=O) groups excluding carboxylic acids is 4. The van der Waals surface area contributed by atoms with Crippen molar-refractivity contribution in [3.05, 3.63) is 41.5 Å². The third kappa shape index (κ3) is 5.13. The van der Waals surface area contributed by atoms with Crippen LogP contribution in [0, 0.1) is 0 Å². The van der Waals surface area contributed by atoms with Gasteiger partial charge in [-0.2, -0.15) is 0 Å². The Hall–Kier alpha value is -3.88. The van der Waals surface area contributed by atoms with E-state index in [0.717, 1.165) is 12.1 Å². The van der Waals surface area contributed by atoms with E-state index in [2.05, 4.69) is 0 Å². The first-order valence-electron chi connectivity index (χ1n) is 8.81. The van der Waals surface area contributed by atoms with E-state index in [1.807, 2.05) is 0 Å². The Kier molecular flexibility index (Phi) is 7.13. The highest BCUT2D eigenvalue weighted by molar-refractivity contribution is 6.45. The molecule has 0 fully saturated rings. The predicted octanol–water partition coefficient (Wildman–Crippen LogP) is 2.19. The maximum absolute atomic E-state index is 12.3. The summed E-state index contributed by atoms with van der Waals surface area (Å²) in [6.45, 7) is 0. The second-order valence-corrected chi connectivity index (χ2v) is 6.32. The van der Waals surface area contributed by atoms with Gasteiger partial charge in [0.25, 0.3) is 0 Å². The lowest BCUT2D eigenvalue weighted by atomic mass is 9.99. The van der Waals surface area contributed by atoms with E-state index in [4.69, 9.17) is 9.47 Å². The van der Waals surface area contributed by atoms with E-state index in [0.29, 0.717) is 11.5 Å². The number of methoxy groups -OCH3 is 2. The van der Waals surface area contributed by atoms with Crippen LogP contribution in [0.5, 0.6) is 28.7 Å². The molecule has 2 aromatic rings. The number of phenols is 3. The largest absolute Gasteiger partial charge is 0.504 e. The lowest BCUT2D eigenvalue weighted by Gasteiger charge is -2.07. The second-order valence-electron chi connectivity index (χ2n) is 6.32. The molecule has 0 bridgehead atoms. The zero-order valence-corrected chi connectivity index (χ0v) is 16.3. The van der Waals surface area contributed by atoms with E-state index in [-0.39, 0.29) is 30.4 Å². The molecule has 0 aliphatic rings. The second kappa shape index (κ2) is 9.55. The molecule has 0 aliphatic heterocycles. The van der Waals surface area contributed by atoms with Gasteiger partial charge in [0.1, 0.15) is 11.5 Å². The maximum Gasteiger partial charge on any atom is 0.228 e. The molecule has 0 atom stereocenters. The topological polar surface area (TPSA) is 147 Å². The van der Waals surface area contributed by atoms with Crippen molar-refractivity contribution in [3.63, 3.8) is 0 Å². The van der Waals surface area contributed by atoms with E-state index in [9.17, 15) is 34.5 Å². The SMILES string of the molecule is COc1cc(OC)cc(C(=O)C(=O)CCCC(=O)C(=O)c2cc(O)c(O)c(O)c2)c1. The van der Waals surface area contributed by atoms with Gasteiger partial charge in [-0.1, -0.05) is 0 Å². The Morgan fingerprint density at radius 3 is 1.50 bits per heavy atom. The first kappa shape index (κ1) is 22.4. The van der Waals surface area contributed by atoms with Crippen LogP contribution in [-0.2, 0) is 9.59 Å². The van der Waals surface area contributed by atoms with Crippen molar-refractivity contribution in [2.24, 2.45) is 0 Å². The van der Waals surface area contributed by atoms with Crippen molar-refractivity contribution in [1.29, 1.82) is 0 Å². The zero-order valence-electron chi connectivity index (χ0n) is 16.3. The Bertz CT molecular complexity index is 962. The highest BCUT2D eigenvalue weighted by Gasteiger charge is 2.22. The van der Waals surface area contributed by atoms with Crippen LogP contribution in [0.1, 0.15) is 40.0 Å². The van der Waals surface area contributed by atoms with Crippen molar-refractivity contribution in [2.75, 3.05) is 14.2 Å². The summed E-state index contributed by atoms with van der Waals surface area (Å²) in [5, 5.41) is 28.1. The molecule has 30 heavy (non-hydrogen) atoms. The van der Waals surface area contributed by atoms with Crippen LogP contribution in [-0.4, -0.2) is 52.7 Å². The first-order chi connectivity index (χ1) is 14.2. The van der Waals surface area contributed by atoms with E-state index >= 15 is 0 Å². The fourth-order valence-electron chi connectivity index (χ4n) is 2.63. The van der Waals surface area contributed by atoms with Gasteiger partial charge in [-0.05, 0) is 30.7 Å². The maximum atomic E-state index is 12.3. The normalized spacial score (nSPS) is 10.3. The van der Waals surface area contributed by atoms with E-state index in [1.165, 1.54) is 26.4 Å². The summed E-state index contributed by atoms with van der Waals surface area (Å²) in [5.41, 5.74) is -0.229. The molecule has 0 radical (unpaired) electrons. The number of carbonyl (C=O) groups is 4. The third-order valence-corrected chi connectivity index (χ3v) is 4.26. The van der Waals surface area contributed by atoms with Gasteiger partial charge in [-0.25, -0.2) is 0 Å². The number of aromatic hydroxyl groups is 3. The van der Waals surface area contributed by atoms with Gasteiger partial charge in [0.05, 0.1) is 14.2 Å². The molecule has 0 amide bonds.